The fourth-order valence-corrected chi connectivity index (χ4v) is 5.41. The maximum Gasteiger partial charge on any atom is 0.261 e. The van der Waals surface area contributed by atoms with Crippen molar-refractivity contribution in [3.63, 3.8) is 0 Å². The Bertz CT molecular complexity index is 1710. The lowest BCUT2D eigenvalue weighted by Gasteiger charge is -2.16. The number of fused-ring (bicyclic) bond motifs is 2. The minimum absolute atomic E-state index is 0.0118. The molecule has 0 saturated carbocycles. The Morgan fingerprint density at radius 2 is 1.64 bits per heavy atom. The second kappa shape index (κ2) is 8.65. The number of anilines is 1. The van der Waals surface area contributed by atoms with Gasteiger partial charge in [-0.3, -0.25) is 14.5 Å². The number of rotatable bonds is 5. The van der Waals surface area contributed by atoms with Crippen LogP contribution in [-0.4, -0.2) is 39.0 Å². The molecule has 0 atom stereocenters. The molecular weight excluding hydrogens is 476 g/mol. The number of ketones is 1. The molecule has 10 heteroatoms. The molecule has 6 rings (SSSR count). The zero-order valence-electron chi connectivity index (χ0n) is 19.0. The fourth-order valence-electron chi connectivity index (χ4n) is 4.32. The maximum atomic E-state index is 13.0. The van der Waals surface area contributed by atoms with Gasteiger partial charge in [0, 0.05) is 41.2 Å². The number of benzene rings is 2. The molecule has 0 amide bonds. The summed E-state index contributed by atoms with van der Waals surface area (Å²) < 4.78 is 30.2. The van der Waals surface area contributed by atoms with Crippen LogP contribution in [0.4, 0.5) is 5.69 Å². The first kappa shape index (κ1) is 22.1. The van der Waals surface area contributed by atoms with Gasteiger partial charge in [-0.2, -0.15) is 9.61 Å². The van der Waals surface area contributed by atoms with Crippen molar-refractivity contribution < 1.29 is 13.2 Å². The van der Waals surface area contributed by atoms with Crippen LogP contribution in [-0.2, 0) is 16.4 Å². The summed E-state index contributed by atoms with van der Waals surface area (Å²) in [6.45, 7) is 0. The summed E-state index contributed by atoms with van der Waals surface area (Å²) in [6, 6.07) is 19.0. The summed E-state index contributed by atoms with van der Waals surface area (Å²) in [4.78, 5) is 16.3. The highest BCUT2D eigenvalue weighted by Crippen LogP contribution is 2.27. The van der Waals surface area contributed by atoms with Crippen molar-refractivity contribution in [1.82, 2.24) is 24.8 Å². The predicted molar refractivity (Wildman–Crippen MR) is 134 cm³/mol. The lowest BCUT2D eigenvalue weighted by atomic mass is 9.91. The van der Waals surface area contributed by atoms with Crippen molar-refractivity contribution in [3.05, 3.63) is 90.3 Å². The largest absolute Gasteiger partial charge is 0.294 e. The van der Waals surface area contributed by atoms with Crippen LogP contribution in [0.5, 0.6) is 0 Å². The summed E-state index contributed by atoms with van der Waals surface area (Å²) in [7, 11) is -3.85. The molecule has 0 aliphatic heterocycles. The quantitative estimate of drug-likeness (QED) is 0.388. The highest BCUT2D eigenvalue weighted by Gasteiger charge is 2.22. The molecule has 5 aromatic rings. The minimum Gasteiger partial charge on any atom is -0.294 e. The van der Waals surface area contributed by atoms with Crippen LogP contribution in [0.25, 0.3) is 28.3 Å². The monoisotopic (exact) mass is 496 g/mol. The molecule has 3 aromatic heterocycles. The van der Waals surface area contributed by atoms with Gasteiger partial charge in [-0.25, -0.2) is 8.42 Å². The number of hydrogen-bond acceptors (Lipinski definition) is 7. The highest BCUT2D eigenvalue weighted by atomic mass is 32.2. The van der Waals surface area contributed by atoms with Crippen molar-refractivity contribution in [2.45, 2.75) is 24.2 Å². The van der Waals surface area contributed by atoms with E-state index >= 15 is 0 Å². The van der Waals surface area contributed by atoms with Gasteiger partial charge in [0.2, 0.25) is 0 Å². The Balaban J connectivity index is 1.27. The standard InChI is InChI=1S/C26H20N6O3S/c33-24-3-1-2-17-6-9-21(16-22(17)24)36(34,35)31-20-7-4-18(5-8-20)23-10-11-25-28-29-26(32(25)30-23)19-12-14-27-15-13-19/h4-16,31H,1-3H2. The zero-order valence-corrected chi connectivity index (χ0v) is 19.8. The second-order valence-corrected chi connectivity index (χ2v) is 10.2. The molecule has 1 aliphatic carbocycles. The lowest BCUT2D eigenvalue weighted by molar-refractivity contribution is 0.0972. The molecule has 0 radical (unpaired) electrons. The average molecular weight is 497 g/mol. The van der Waals surface area contributed by atoms with Gasteiger partial charge in [-0.05, 0) is 66.9 Å². The number of Topliss-reactive ketones (excluding diaryl/α,β-unsaturated/α-hetero) is 1. The molecular formula is C26H20N6O3S. The molecule has 2 aromatic carbocycles. The molecule has 178 valence electrons. The number of nitrogens with one attached hydrogen (secondary N) is 1. The Labute approximate surface area is 206 Å². The number of carbonyl (C=O) groups is 1. The SMILES string of the molecule is O=C1CCCc2ccc(S(=O)(=O)Nc3ccc(-c4ccc5nnc(-c6ccncc6)n5n4)cc3)cc21. The summed E-state index contributed by atoms with van der Waals surface area (Å²) >= 11 is 0. The highest BCUT2D eigenvalue weighted by molar-refractivity contribution is 7.92. The van der Waals surface area contributed by atoms with Crippen molar-refractivity contribution in [2.24, 2.45) is 0 Å². The van der Waals surface area contributed by atoms with Crippen molar-refractivity contribution in [2.75, 3.05) is 4.72 Å². The van der Waals surface area contributed by atoms with Crippen LogP contribution in [0.1, 0.15) is 28.8 Å². The lowest BCUT2D eigenvalue weighted by Crippen LogP contribution is -2.16. The van der Waals surface area contributed by atoms with E-state index in [1.807, 2.05) is 24.3 Å². The van der Waals surface area contributed by atoms with Gasteiger partial charge in [0.25, 0.3) is 10.0 Å². The van der Waals surface area contributed by atoms with Gasteiger partial charge in [0.1, 0.15) is 0 Å². The average Bonchev–Trinajstić information content (AvgIpc) is 3.33. The molecule has 1 N–H and O–H groups in total. The third-order valence-corrected chi connectivity index (χ3v) is 7.56. The summed E-state index contributed by atoms with van der Waals surface area (Å²) in [5.41, 5.74) is 4.74. The minimum atomic E-state index is -3.85. The van der Waals surface area contributed by atoms with E-state index in [1.165, 1.54) is 6.07 Å². The van der Waals surface area contributed by atoms with Crippen LogP contribution >= 0.6 is 0 Å². The molecule has 0 saturated heterocycles. The molecule has 0 fully saturated rings. The Morgan fingerprint density at radius 3 is 2.44 bits per heavy atom. The normalized spacial score (nSPS) is 13.5. The van der Waals surface area contributed by atoms with Crippen LogP contribution in [0.2, 0.25) is 0 Å². The third-order valence-electron chi connectivity index (χ3n) is 6.18. The Kier molecular flexibility index (Phi) is 5.30. The molecule has 0 spiro atoms. The molecule has 1 aliphatic rings. The van der Waals surface area contributed by atoms with Gasteiger partial charge >= 0.3 is 0 Å². The van der Waals surface area contributed by atoms with E-state index in [2.05, 4.69) is 25.0 Å². The smallest absolute Gasteiger partial charge is 0.261 e. The van der Waals surface area contributed by atoms with Crippen LogP contribution < -0.4 is 4.72 Å². The topological polar surface area (TPSA) is 119 Å². The van der Waals surface area contributed by atoms with Gasteiger partial charge in [-0.1, -0.05) is 18.2 Å². The Hall–Kier alpha value is -4.44. The van der Waals surface area contributed by atoms with E-state index < -0.39 is 10.0 Å². The van der Waals surface area contributed by atoms with E-state index in [4.69, 9.17) is 0 Å². The van der Waals surface area contributed by atoms with Crippen LogP contribution in [0.3, 0.4) is 0 Å². The van der Waals surface area contributed by atoms with E-state index in [0.29, 0.717) is 34.8 Å². The van der Waals surface area contributed by atoms with Gasteiger partial charge in [0.05, 0.1) is 10.6 Å². The number of nitrogens with zero attached hydrogens (tertiary/aromatic N) is 5. The number of carbonyl (C=O) groups excluding carboxylic acids is 1. The van der Waals surface area contributed by atoms with Crippen LogP contribution in [0, 0.1) is 0 Å². The first-order valence-electron chi connectivity index (χ1n) is 11.4. The van der Waals surface area contributed by atoms with Crippen molar-refractivity contribution in [1.29, 1.82) is 0 Å². The summed E-state index contributed by atoms with van der Waals surface area (Å²) in [5, 5.41) is 13.1. The zero-order chi connectivity index (χ0) is 24.7. The number of sulfonamides is 1. The first-order valence-corrected chi connectivity index (χ1v) is 12.9. The first-order chi connectivity index (χ1) is 17.5. The molecule has 9 nitrogen and oxygen atoms in total. The summed E-state index contributed by atoms with van der Waals surface area (Å²) in [5.74, 6) is 0.587. The maximum absolute atomic E-state index is 13.0. The molecule has 3 heterocycles. The number of aromatic nitrogens is 5. The number of aryl methyl sites for hydroxylation is 1. The van der Waals surface area contributed by atoms with Gasteiger partial charge in [-0.15, -0.1) is 10.2 Å². The molecule has 36 heavy (non-hydrogen) atoms. The van der Waals surface area contributed by atoms with E-state index in [9.17, 15) is 13.2 Å². The van der Waals surface area contributed by atoms with E-state index in [0.717, 1.165) is 29.5 Å². The van der Waals surface area contributed by atoms with Crippen LogP contribution in [0.15, 0.2) is 84.0 Å². The molecule has 0 unspecified atom stereocenters. The number of pyridine rings is 1. The van der Waals surface area contributed by atoms with Crippen molar-refractivity contribution >= 4 is 27.1 Å². The van der Waals surface area contributed by atoms with Gasteiger partial charge in [0.15, 0.2) is 17.3 Å². The van der Waals surface area contributed by atoms with Gasteiger partial charge < -0.3 is 0 Å². The fraction of sp³-hybridized carbons (Fsp3) is 0.115. The Morgan fingerprint density at radius 1 is 0.833 bits per heavy atom. The third kappa shape index (κ3) is 4.01. The number of hydrogen-bond donors (Lipinski definition) is 1. The second-order valence-electron chi connectivity index (χ2n) is 8.53. The molecule has 0 bridgehead atoms. The van der Waals surface area contributed by atoms with Crippen molar-refractivity contribution in [3.8, 4) is 22.6 Å². The predicted octanol–water partition coefficient (Wildman–Crippen LogP) is 4.17. The summed E-state index contributed by atoms with van der Waals surface area (Å²) in [6.07, 6.45) is 5.40. The van der Waals surface area contributed by atoms with E-state index in [-0.39, 0.29) is 10.7 Å². The van der Waals surface area contributed by atoms with E-state index in [1.54, 1.807) is 53.3 Å².